The van der Waals surface area contributed by atoms with Gasteiger partial charge in [0.25, 0.3) is 5.91 Å². The highest BCUT2D eigenvalue weighted by molar-refractivity contribution is 5.92. The van der Waals surface area contributed by atoms with Crippen LogP contribution in [0.15, 0.2) is 36.1 Å². The molecule has 2 saturated heterocycles. The average molecular weight is 515 g/mol. The van der Waals surface area contributed by atoms with E-state index in [1.165, 1.54) is 39.5 Å². The van der Waals surface area contributed by atoms with E-state index in [-0.39, 0.29) is 30.3 Å². The van der Waals surface area contributed by atoms with Crippen molar-refractivity contribution in [3.8, 4) is 0 Å². The molecular formula is C29H42N2O6. The highest BCUT2D eigenvalue weighted by Gasteiger charge is 2.39. The van der Waals surface area contributed by atoms with E-state index in [1.807, 2.05) is 30.0 Å². The Kier molecular flexibility index (Phi) is 10.00. The van der Waals surface area contributed by atoms with Crippen molar-refractivity contribution in [1.82, 2.24) is 9.80 Å². The maximum Gasteiger partial charge on any atom is 0.337 e. The Balaban J connectivity index is 1.53. The molecule has 204 valence electrons. The molecule has 4 rings (SSSR count). The number of benzene rings is 1. The Labute approximate surface area is 220 Å². The number of nitrogens with zero attached hydrogens (tertiary/aromatic N) is 2. The molecule has 0 spiro atoms. The number of esters is 1. The van der Waals surface area contributed by atoms with E-state index in [2.05, 4.69) is 4.90 Å². The summed E-state index contributed by atoms with van der Waals surface area (Å²) in [4.78, 5) is 30.1. The van der Waals surface area contributed by atoms with E-state index in [9.17, 15) is 14.7 Å². The molecule has 3 heterocycles. The lowest BCUT2D eigenvalue weighted by molar-refractivity contribution is -0.171. The molecule has 2 fully saturated rings. The summed E-state index contributed by atoms with van der Waals surface area (Å²) in [7, 11) is 1.36. The number of amides is 1. The number of aliphatic hydroxyl groups is 1. The zero-order valence-corrected chi connectivity index (χ0v) is 22.3. The van der Waals surface area contributed by atoms with Crippen molar-refractivity contribution < 1.29 is 28.9 Å². The van der Waals surface area contributed by atoms with Crippen LogP contribution in [0.2, 0.25) is 0 Å². The highest BCUT2D eigenvalue weighted by atomic mass is 16.7. The molecule has 8 heteroatoms. The monoisotopic (exact) mass is 514 g/mol. The fraction of sp³-hybridized carbons (Fsp3) is 0.655. The highest BCUT2D eigenvalue weighted by Crippen LogP contribution is 2.40. The Morgan fingerprint density at radius 2 is 1.76 bits per heavy atom. The quantitative estimate of drug-likeness (QED) is 0.503. The Bertz CT molecular complexity index is 919. The largest absolute Gasteiger partial charge is 0.465 e. The fourth-order valence-corrected chi connectivity index (χ4v) is 5.97. The third kappa shape index (κ3) is 6.72. The molecule has 3 unspecified atom stereocenters. The molecule has 1 aromatic carbocycles. The number of methoxy groups -OCH3 is 1. The summed E-state index contributed by atoms with van der Waals surface area (Å²) in [6, 6.07) is 7.86. The normalized spacial score (nSPS) is 25.3. The Morgan fingerprint density at radius 3 is 2.38 bits per heavy atom. The van der Waals surface area contributed by atoms with Gasteiger partial charge in [-0.2, -0.15) is 0 Å². The zero-order chi connectivity index (χ0) is 26.2. The molecule has 0 aliphatic carbocycles. The fourth-order valence-electron chi connectivity index (χ4n) is 5.97. The summed E-state index contributed by atoms with van der Waals surface area (Å²) in [6.07, 6.45) is 8.49. The summed E-state index contributed by atoms with van der Waals surface area (Å²) in [5.41, 5.74) is 1.45. The van der Waals surface area contributed by atoms with Crippen molar-refractivity contribution in [3.63, 3.8) is 0 Å². The minimum Gasteiger partial charge on any atom is -0.465 e. The second-order valence-corrected chi connectivity index (χ2v) is 10.3. The van der Waals surface area contributed by atoms with Gasteiger partial charge in [-0.1, -0.05) is 18.6 Å². The van der Waals surface area contributed by atoms with Gasteiger partial charge in [0, 0.05) is 44.2 Å². The second kappa shape index (κ2) is 13.4. The number of carbonyl (C=O) groups excluding carboxylic acids is 2. The first-order valence-corrected chi connectivity index (χ1v) is 13.9. The first kappa shape index (κ1) is 27.6. The van der Waals surface area contributed by atoms with Crippen molar-refractivity contribution in [2.75, 3.05) is 46.5 Å². The average Bonchev–Trinajstić information content (AvgIpc) is 2.96. The van der Waals surface area contributed by atoms with E-state index < -0.39 is 6.29 Å². The molecule has 3 aliphatic heterocycles. The van der Waals surface area contributed by atoms with Crippen LogP contribution in [0.25, 0.3) is 0 Å². The van der Waals surface area contributed by atoms with Crippen molar-refractivity contribution in [3.05, 3.63) is 47.2 Å². The number of ether oxygens (including phenoxy) is 3. The smallest absolute Gasteiger partial charge is 0.337 e. The van der Waals surface area contributed by atoms with Crippen LogP contribution in [-0.4, -0.2) is 85.6 Å². The summed E-state index contributed by atoms with van der Waals surface area (Å²) < 4.78 is 17.0. The second-order valence-electron chi connectivity index (χ2n) is 10.3. The van der Waals surface area contributed by atoms with Gasteiger partial charge < -0.3 is 29.1 Å². The van der Waals surface area contributed by atoms with Gasteiger partial charge in [0.2, 0.25) is 6.29 Å². The molecule has 1 aromatic rings. The van der Waals surface area contributed by atoms with Crippen molar-refractivity contribution in [2.24, 2.45) is 5.92 Å². The number of piperidine rings is 2. The predicted octanol–water partition coefficient (Wildman–Crippen LogP) is 3.70. The van der Waals surface area contributed by atoms with Gasteiger partial charge in [-0.3, -0.25) is 4.79 Å². The van der Waals surface area contributed by atoms with Crippen LogP contribution in [0, 0.1) is 5.92 Å². The molecule has 0 aromatic heterocycles. The molecule has 37 heavy (non-hydrogen) atoms. The molecule has 0 saturated carbocycles. The molecule has 3 atom stereocenters. The number of allylic oxidation sites excluding steroid dienone is 1. The van der Waals surface area contributed by atoms with Gasteiger partial charge in [0.15, 0.2) is 5.76 Å². The number of rotatable bonds is 9. The summed E-state index contributed by atoms with van der Waals surface area (Å²) >= 11 is 0. The number of aliphatic hydroxyl groups excluding tert-OH is 1. The Morgan fingerprint density at radius 1 is 1.05 bits per heavy atom. The molecule has 0 radical (unpaired) electrons. The number of carbonyl (C=O) groups is 2. The van der Waals surface area contributed by atoms with E-state index in [4.69, 9.17) is 14.2 Å². The summed E-state index contributed by atoms with van der Waals surface area (Å²) in [6.45, 7) is 6.25. The SMILES string of the molecule is CCOC1OC(C(=O)N2CCC(N3CCCCC3)CC2)=CC(c2ccc(C(=O)OC)cc2)C1CCCO. The molecule has 8 nitrogen and oxygen atoms in total. The van der Waals surface area contributed by atoms with E-state index in [0.717, 1.165) is 31.5 Å². The predicted molar refractivity (Wildman–Crippen MR) is 140 cm³/mol. The van der Waals surface area contributed by atoms with Gasteiger partial charge in [-0.05, 0) is 82.3 Å². The zero-order valence-electron chi connectivity index (χ0n) is 22.3. The van der Waals surface area contributed by atoms with Crippen LogP contribution < -0.4 is 0 Å². The van der Waals surface area contributed by atoms with Crippen molar-refractivity contribution >= 4 is 11.9 Å². The van der Waals surface area contributed by atoms with Gasteiger partial charge >= 0.3 is 5.97 Å². The molecule has 3 aliphatic rings. The van der Waals surface area contributed by atoms with Crippen LogP contribution in [0.5, 0.6) is 0 Å². The minimum absolute atomic E-state index is 0.0718. The van der Waals surface area contributed by atoms with Crippen molar-refractivity contribution in [1.29, 1.82) is 0 Å². The van der Waals surface area contributed by atoms with E-state index >= 15 is 0 Å². The third-order valence-corrected chi connectivity index (χ3v) is 8.00. The van der Waals surface area contributed by atoms with Gasteiger partial charge in [0.05, 0.1) is 12.7 Å². The van der Waals surface area contributed by atoms with Crippen LogP contribution in [0.4, 0.5) is 0 Å². The number of likely N-dealkylation sites (tertiary alicyclic amines) is 2. The maximum atomic E-state index is 13.6. The van der Waals surface area contributed by atoms with Crippen LogP contribution in [0.3, 0.4) is 0 Å². The van der Waals surface area contributed by atoms with Gasteiger partial charge in [0.1, 0.15) is 0 Å². The topological polar surface area (TPSA) is 88.5 Å². The van der Waals surface area contributed by atoms with Gasteiger partial charge in [-0.25, -0.2) is 4.79 Å². The lowest BCUT2D eigenvalue weighted by atomic mass is 9.80. The van der Waals surface area contributed by atoms with Crippen LogP contribution in [0.1, 0.15) is 73.7 Å². The molecule has 1 N–H and O–H groups in total. The molecule has 1 amide bonds. The van der Waals surface area contributed by atoms with E-state index in [0.29, 0.717) is 36.8 Å². The summed E-state index contributed by atoms with van der Waals surface area (Å²) in [5.74, 6) is -0.358. The number of hydrogen-bond acceptors (Lipinski definition) is 7. The third-order valence-electron chi connectivity index (χ3n) is 8.00. The Hall–Kier alpha value is -2.42. The first-order chi connectivity index (χ1) is 18.0. The van der Waals surface area contributed by atoms with E-state index in [1.54, 1.807) is 12.1 Å². The van der Waals surface area contributed by atoms with Crippen molar-refractivity contribution in [2.45, 2.75) is 70.1 Å². The first-order valence-electron chi connectivity index (χ1n) is 13.9. The minimum atomic E-state index is -0.586. The lowest BCUT2D eigenvalue weighted by Gasteiger charge is -2.41. The van der Waals surface area contributed by atoms with Crippen LogP contribution >= 0.6 is 0 Å². The molecule has 0 bridgehead atoms. The van der Waals surface area contributed by atoms with Gasteiger partial charge in [-0.15, -0.1) is 0 Å². The lowest BCUT2D eigenvalue weighted by Crippen LogP contribution is -2.49. The maximum absolute atomic E-state index is 13.6. The summed E-state index contributed by atoms with van der Waals surface area (Å²) in [5, 5.41) is 9.51. The molecular weight excluding hydrogens is 472 g/mol. The standard InChI is InChI=1S/C29H42N2O6/c1-3-36-29-24(8-7-19-32)25(21-9-11-22(12-10-21)28(34)35-2)20-26(37-29)27(33)31-17-13-23(14-18-31)30-15-5-4-6-16-30/h9-12,20,23-25,29,32H,3-8,13-19H2,1-2H3. The van der Waals surface area contributed by atoms with Crippen LogP contribution in [-0.2, 0) is 19.0 Å². The number of hydrogen-bond donors (Lipinski definition) is 1.